The van der Waals surface area contributed by atoms with Crippen LogP contribution in [0, 0.1) is 36.0 Å². The van der Waals surface area contributed by atoms with Crippen molar-refractivity contribution in [3.05, 3.63) is 34.9 Å². The van der Waals surface area contributed by atoms with Crippen molar-refractivity contribution in [2.45, 2.75) is 6.42 Å². The molecule has 0 N–H and O–H groups in total. The molecule has 2 fully saturated rings. The van der Waals surface area contributed by atoms with E-state index in [2.05, 4.69) is 11.0 Å². The Kier molecular flexibility index (Phi) is 4.40. The predicted octanol–water partition coefficient (Wildman–Crippen LogP) is 2.50. The number of carbonyl (C=O) groups excluding carboxylic acids is 2. The summed E-state index contributed by atoms with van der Waals surface area (Å²) in [5.74, 6) is 2.30. The number of carbonyl (C=O) groups is 2. The number of imide groups is 1. The summed E-state index contributed by atoms with van der Waals surface area (Å²) in [7, 11) is 1.48. The van der Waals surface area contributed by atoms with E-state index in [1.54, 1.807) is 12.1 Å². The highest BCUT2D eigenvalue weighted by Gasteiger charge is 2.59. The highest BCUT2D eigenvalue weighted by Crippen LogP contribution is 2.52. The number of halogens is 1. The van der Waals surface area contributed by atoms with Crippen LogP contribution < -0.4 is 9.47 Å². The van der Waals surface area contributed by atoms with Gasteiger partial charge in [0.2, 0.25) is 0 Å². The smallest absolute Gasteiger partial charge is 0.254 e. The second kappa shape index (κ2) is 6.75. The minimum absolute atomic E-state index is 0.0274. The van der Waals surface area contributed by atoms with Crippen LogP contribution in [0.5, 0.6) is 11.5 Å². The third kappa shape index (κ3) is 2.79. The molecule has 1 saturated heterocycles. The number of amides is 2. The number of hydrazone groups is 1. The van der Waals surface area contributed by atoms with E-state index in [-0.39, 0.29) is 42.1 Å². The molecular weight excluding hydrogens is 368 g/mol. The summed E-state index contributed by atoms with van der Waals surface area (Å²) >= 11 is 6.12. The summed E-state index contributed by atoms with van der Waals surface area (Å²) in [6, 6.07) is 3.20. The van der Waals surface area contributed by atoms with Crippen LogP contribution in [0.3, 0.4) is 0 Å². The van der Waals surface area contributed by atoms with Crippen molar-refractivity contribution in [1.82, 2.24) is 5.01 Å². The zero-order valence-electron chi connectivity index (χ0n) is 14.6. The van der Waals surface area contributed by atoms with Gasteiger partial charge in [-0.15, -0.1) is 6.42 Å². The Labute approximate surface area is 161 Å². The van der Waals surface area contributed by atoms with Gasteiger partial charge in [0, 0.05) is 16.7 Å². The Hall–Kier alpha value is -2.78. The second-order valence-electron chi connectivity index (χ2n) is 6.75. The quantitative estimate of drug-likeness (QED) is 0.338. The van der Waals surface area contributed by atoms with Gasteiger partial charge in [-0.1, -0.05) is 29.7 Å². The van der Waals surface area contributed by atoms with Gasteiger partial charge in [-0.2, -0.15) is 10.1 Å². The first-order valence-corrected chi connectivity index (χ1v) is 8.97. The van der Waals surface area contributed by atoms with Crippen LogP contribution in [-0.2, 0) is 9.59 Å². The molecule has 1 aliphatic heterocycles. The van der Waals surface area contributed by atoms with Crippen molar-refractivity contribution in [2.75, 3.05) is 13.7 Å². The Morgan fingerprint density at radius 1 is 1.30 bits per heavy atom. The Morgan fingerprint density at radius 3 is 2.56 bits per heavy atom. The van der Waals surface area contributed by atoms with Crippen LogP contribution in [0.1, 0.15) is 12.0 Å². The number of methoxy groups -OCH3 is 1. The topological polar surface area (TPSA) is 68.2 Å². The summed E-state index contributed by atoms with van der Waals surface area (Å²) in [4.78, 5) is 25.4. The van der Waals surface area contributed by atoms with Gasteiger partial charge in [0.15, 0.2) is 11.5 Å². The van der Waals surface area contributed by atoms with Gasteiger partial charge in [-0.25, -0.2) is 0 Å². The van der Waals surface area contributed by atoms with Gasteiger partial charge in [-0.3, -0.25) is 9.59 Å². The lowest BCUT2D eigenvalue weighted by molar-refractivity contribution is -0.140. The molecule has 1 heterocycles. The molecule has 1 saturated carbocycles. The zero-order valence-corrected chi connectivity index (χ0v) is 15.3. The SMILES string of the molecule is C#CCOc1c(C=NN2C(=O)C3C4C=CC(C4)C3C2=O)cc(Cl)cc1OC. The van der Waals surface area contributed by atoms with E-state index in [0.29, 0.717) is 22.1 Å². The van der Waals surface area contributed by atoms with Crippen LogP contribution in [0.25, 0.3) is 0 Å². The second-order valence-corrected chi connectivity index (χ2v) is 7.19. The van der Waals surface area contributed by atoms with Crippen molar-refractivity contribution >= 4 is 29.6 Å². The van der Waals surface area contributed by atoms with Crippen molar-refractivity contribution in [3.8, 4) is 23.8 Å². The molecule has 4 unspecified atom stereocenters. The van der Waals surface area contributed by atoms with E-state index in [1.807, 2.05) is 12.2 Å². The molecule has 0 spiro atoms. The maximum absolute atomic E-state index is 12.7. The summed E-state index contributed by atoms with van der Waals surface area (Å²) < 4.78 is 10.8. The lowest BCUT2D eigenvalue weighted by Crippen LogP contribution is -2.28. The number of fused-ring (bicyclic) bond motifs is 5. The van der Waals surface area contributed by atoms with E-state index >= 15 is 0 Å². The third-order valence-electron chi connectivity index (χ3n) is 5.33. The molecule has 6 nitrogen and oxygen atoms in total. The van der Waals surface area contributed by atoms with E-state index in [4.69, 9.17) is 27.5 Å². The Morgan fingerprint density at radius 2 is 1.96 bits per heavy atom. The van der Waals surface area contributed by atoms with Crippen molar-refractivity contribution in [2.24, 2.45) is 28.8 Å². The molecule has 27 heavy (non-hydrogen) atoms. The molecule has 138 valence electrons. The predicted molar refractivity (Wildman–Crippen MR) is 99.5 cm³/mol. The molecule has 3 aliphatic rings. The first kappa shape index (κ1) is 17.6. The average Bonchev–Trinajstić information content (AvgIpc) is 3.33. The number of hydrogen-bond donors (Lipinski definition) is 0. The van der Waals surface area contributed by atoms with Gasteiger partial charge in [-0.05, 0) is 24.3 Å². The number of terminal acetylenes is 1. The normalized spacial score (nSPS) is 28.1. The average molecular weight is 385 g/mol. The fraction of sp³-hybridized carbons (Fsp3) is 0.350. The molecule has 0 radical (unpaired) electrons. The fourth-order valence-electron chi connectivity index (χ4n) is 4.22. The Bertz CT molecular complexity index is 887. The molecular formula is C20H17ClN2O4. The van der Waals surface area contributed by atoms with Crippen LogP contribution in [0.4, 0.5) is 0 Å². The van der Waals surface area contributed by atoms with E-state index in [0.717, 1.165) is 11.4 Å². The number of rotatable bonds is 5. The van der Waals surface area contributed by atoms with Crippen molar-refractivity contribution < 1.29 is 19.1 Å². The molecule has 1 aromatic rings. The van der Waals surface area contributed by atoms with Gasteiger partial charge in [0.25, 0.3) is 11.8 Å². The molecule has 4 atom stereocenters. The number of hydrogen-bond acceptors (Lipinski definition) is 5. The van der Waals surface area contributed by atoms with E-state index < -0.39 is 0 Å². The molecule has 1 aromatic carbocycles. The van der Waals surface area contributed by atoms with Crippen LogP contribution >= 0.6 is 11.6 Å². The first-order valence-electron chi connectivity index (χ1n) is 8.59. The minimum Gasteiger partial charge on any atom is -0.493 e. The lowest BCUT2D eigenvalue weighted by Gasteiger charge is -2.14. The number of ether oxygens (including phenoxy) is 2. The van der Waals surface area contributed by atoms with Gasteiger partial charge < -0.3 is 9.47 Å². The van der Waals surface area contributed by atoms with E-state index in [1.165, 1.54) is 13.3 Å². The minimum atomic E-state index is -0.296. The van der Waals surface area contributed by atoms with Crippen molar-refractivity contribution in [3.63, 3.8) is 0 Å². The van der Waals surface area contributed by atoms with Crippen LogP contribution in [-0.4, -0.2) is 36.8 Å². The summed E-state index contributed by atoms with van der Waals surface area (Å²) in [6.07, 6.45) is 11.6. The fourth-order valence-corrected chi connectivity index (χ4v) is 4.44. The summed E-state index contributed by atoms with van der Waals surface area (Å²) in [5, 5.41) is 5.53. The summed E-state index contributed by atoms with van der Waals surface area (Å²) in [5.41, 5.74) is 0.466. The van der Waals surface area contributed by atoms with Crippen LogP contribution in [0.2, 0.25) is 5.02 Å². The molecule has 2 bridgehead atoms. The maximum Gasteiger partial charge on any atom is 0.254 e. The van der Waals surface area contributed by atoms with E-state index in [9.17, 15) is 9.59 Å². The molecule has 4 rings (SSSR count). The van der Waals surface area contributed by atoms with Gasteiger partial charge >= 0.3 is 0 Å². The standard InChI is InChI=1S/C20H17ClN2O4/c1-3-6-27-18-13(8-14(21)9-15(18)26-2)10-22-23-19(24)16-11-4-5-12(7-11)17(16)20(23)25/h1,4-5,8-12,16-17H,6-7H2,2H3. The maximum atomic E-state index is 12.7. The molecule has 7 heteroatoms. The Balaban J connectivity index is 1.64. The largest absolute Gasteiger partial charge is 0.493 e. The zero-order chi connectivity index (χ0) is 19.1. The third-order valence-corrected chi connectivity index (χ3v) is 5.55. The molecule has 2 amide bonds. The number of allylic oxidation sites excluding steroid dienone is 2. The lowest BCUT2D eigenvalue weighted by atomic mass is 9.85. The van der Waals surface area contributed by atoms with Crippen LogP contribution in [0.15, 0.2) is 29.4 Å². The number of nitrogens with zero attached hydrogens (tertiary/aromatic N) is 2. The molecule has 2 aliphatic carbocycles. The van der Waals surface area contributed by atoms with Gasteiger partial charge in [0.05, 0.1) is 25.2 Å². The monoisotopic (exact) mass is 384 g/mol. The highest BCUT2D eigenvalue weighted by atomic mass is 35.5. The first-order chi connectivity index (χ1) is 13.0. The van der Waals surface area contributed by atoms with Crippen molar-refractivity contribution in [1.29, 1.82) is 0 Å². The molecule has 0 aromatic heterocycles. The summed E-state index contributed by atoms with van der Waals surface area (Å²) in [6.45, 7) is 0.0274. The number of benzene rings is 1. The highest BCUT2D eigenvalue weighted by molar-refractivity contribution is 6.31. The van der Waals surface area contributed by atoms with Gasteiger partial charge in [0.1, 0.15) is 6.61 Å².